The fourth-order valence-electron chi connectivity index (χ4n) is 2.08. The summed E-state index contributed by atoms with van der Waals surface area (Å²) in [6.45, 7) is 4.04. The van der Waals surface area contributed by atoms with Gasteiger partial charge in [-0.1, -0.05) is 23.2 Å². The third-order valence-electron chi connectivity index (χ3n) is 3.10. The molecule has 0 radical (unpaired) electrons. The Morgan fingerprint density at radius 1 is 1.25 bits per heavy atom. The second-order valence-electron chi connectivity index (χ2n) is 5.32. The topological polar surface area (TPSA) is 42.8 Å². The van der Waals surface area contributed by atoms with E-state index in [1.807, 2.05) is 37.4 Å². The van der Waals surface area contributed by atoms with Gasteiger partial charge in [0.2, 0.25) is 4.80 Å². The van der Waals surface area contributed by atoms with Gasteiger partial charge in [0.05, 0.1) is 23.2 Å². The summed E-state index contributed by atoms with van der Waals surface area (Å²) in [6, 6.07) is 9.16. The quantitative estimate of drug-likeness (QED) is 0.566. The smallest absolute Gasteiger partial charge is 0.206 e. The molecular weight excluding hydrogens is 365 g/mol. The highest BCUT2D eigenvalue weighted by Crippen LogP contribution is 2.31. The molecule has 0 amide bonds. The number of furan rings is 1. The summed E-state index contributed by atoms with van der Waals surface area (Å²) in [5, 5.41) is 7.71. The molecule has 0 saturated heterocycles. The van der Waals surface area contributed by atoms with E-state index in [0.29, 0.717) is 15.8 Å². The first-order valence-corrected chi connectivity index (χ1v) is 8.96. The molecule has 0 saturated carbocycles. The lowest BCUT2D eigenvalue weighted by molar-refractivity contribution is 0.559. The molecule has 4 nitrogen and oxygen atoms in total. The number of aromatic nitrogens is 1. The van der Waals surface area contributed by atoms with E-state index in [1.165, 1.54) is 11.3 Å². The van der Waals surface area contributed by atoms with Gasteiger partial charge in [0, 0.05) is 22.0 Å². The summed E-state index contributed by atoms with van der Waals surface area (Å²) < 4.78 is 7.06. The predicted octanol–water partition coefficient (Wildman–Crippen LogP) is 5.31. The zero-order valence-electron chi connectivity index (χ0n) is 13.1. The molecule has 1 aromatic carbocycles. The molecule has 0 N–H and O–H groups in total. The molecule has 0 bridgehead atoms. The van der Waals surface area contributed by atoms with Gasteiger partial charge in [0.25, 0.3) is 0 Å². The molecule has 124 valence electrons. The lowest BCUT2D eigenvalue weighted by Gasteiger charge is -2.06. The molecule has 0 atom stereocenters. The Kier molecular flexibility index (Phi) is 5.23. The molecule has 0 spiro atoms. The van der Waals surface area contributed by atoms with Crippen LogP contribution < -0.4 is 4.80 Å². The molecule has 2 aromatic heterocycles. The average Bonchev–Trinajstić information content (AvgIpc) is 3.17. The van der Waals surface area contributed by atoms with Gasteiger partial charge in [0.1, 0.15) is 5.76 Å². The standard InChI is InChI=1S/C17H15Cl2N3OS/c1-11(2)21-17-22(20-9-13-4-3-7-23-13)16(10-24-17)14-8-12(18)5-6-15(14)19/h3-11H,1-2H3. The van der Waals surface area contributed by atoms with Crippen LogP contribution in [0.5, 0.6) is 0 Å². The highest BCUT2D eigenvalue weighted by Gasteiger charge is 2.12. The monoisotopic (exact) mass is 379 g/mol. The number of hydrogen-bond donors (Lipinski definition) is 0. The van der Waals surface area contributed by atoms with E-state index in [0.717, 1.165) is 16.1 Å². The first-order chi connectivity index (χ1) is 11.5. The number of benzene rings is 1. The maximum absolute atomic E-state index is 6.35. The molecule has 0 aliphatic carbocycles. The summed E-state index contributed by atoms with van der Waals surface area (Å²) in [6.07, 6.45) is 3.25. The van der Waals surface area contributed by atoms with Gasteiger partial charge in [0.15, 0.2) is 0 Å². The van der Waals surface area contributed by atoms with Crippen molar-refractivity contribution in [2.75, 3.05) is 0 Å². The Morgan fingerprint density at radius 2 is 2.08 bits per heavy atom. The van der Waals surface area contributed by atoms with Gasteiger partial charge in [-0.05, 0) is 44.2 Å². The summed E-state index contributed by atoms with van der Waals surface area (Å²) in [7, 11) is 0. The van der Waals surface area contributed by atoms with Crippen molar-refractivity contribution < 1.29 is 4.42 Å². The molecule has 7 heteroatoms. The van der Waals surface area contributed by atoms with Gasteiger partial charge >= 0.3 is 0 Å². The van der Waals surface area contributed by atoms with E-state index < -0.39 is 0 Å². The molecule has 0 aliphatic heterocycles. The third-order valence-corrected chi connectivity index (χ3v) is 4.50. The molecular formula is C17H15Cl2N3OS. The first-order valence-electron chi connectivity index (χ1n) is 7.32. The van der Waals surface area contributed by atoms with Crippen molar-refractivity contribution in [1.29, 1.82) is 0 Å². The SMILES string of the molecule is CC(C)N=c1scc(-c2cc(Cl)ccc2Cl)n1N=Cc1ccco1. The van der Waals surface area contributed by atoms with E-state index in [9.17, 15) is 0 Å². The lowest BCUT2D eigenvalue weighted by atomic mass is 10.2. The fourth-order valence-corrected chi connectivity index (χ4v) is 3.43. The van der Waals surface area contributed by atoms with Crippen LogP contribution in [0.2, 0.25) is 10.0 Å². The highest BCUT2D eigenvalue weighted by molar-refractivity contribution is 7.07. The zero-order valence-corrected chi connectivity index (χ0v) is 15.4. The minimum Gasteiger partial charge on any atom is -0.463 e. The van der Waals surface area contributed by atoms with E-state index in [-0.39, 0.29) is 6.04 Å². The molecule has 0 unspecified atom stereocenters. The summed E-state index contributed by atoms with van der Waals surface area (Å²) in [5.41, 5.74) is 1.64. The molecule has 0 aliphatic rings. The Bertz CT molecular complexity index is 924. The molecule has 2 heterocycles. The molecule has 0 fully saturated rings. The van der Waals surface area contributed by atoms with Crippen molar-refractivity contribution in [2.24, 2.45) is 10.1 Å². The summed E-state index contributed by atoms with van der Waals surface area (Å²) in [4.78, 5) is 5.40. The van der Waals surface area contributed by atoms with Crippen molar-refractivity contribution >= 4 is 40.8 Å². The van der Waals surface area contributed by atoms with Gasteiger partial charge < -0.3 is 4.42 Å². The number of thiazole rings is 1. The van der Waals surface area contributed by atoms with Crippen LogP contribution >= 0.6 is 34.5 Å². The van der Waals surface area contributed by atoms with Crippen LogP contribution in [0.25, 0.3) is 11.3 Å². The Balaban J connectivity index is 2.16. The van der Waals surface area contributed by atoms with Gasteiger partial charge in [-0.3, -0.25) is 4.99 Å². The van der Waals surface area contributed by atoms with Crippen LogP contribution in [0.4, 0.5) is 0 Å². The summed E-state index contributed by atoms with van der Waals surface area (Å²) >= 11 is 14.0. The molecule has 3 rings (SSSR count). The molecule has 3 aromatic rings. The number of rotatable bonds is 4. The minimum atomic E-state index is 0.149. The Labute approximate surface area is 153 Å². The normalized spacial score (nSPS) is 12.6. The van der Waals surface area contributed by atoms with Crippen LogP contribution in [-0.4, -0.2) is 16.9 Å². The van der Waals surface area contributed by atoms with Crippen molar-refractivity contribution in [1.82, 2.24) is 4.68 Å². The van der Waals surface area contributed by atoms with E-state index in [1.54, 1.807) is 29.3 Å². The highest BCUT2D eigenvalue weighted by atomic mass is 35.5. The number of halogens is 2. The van der Waals surface area contributed by atoms with E-state index in [2.05, 4.69) is 10.1 Å². The maximum Gasteiger partial charge on any atom is 0.206 e. The zero-order chi connectivity index (χ0) is 17.1. The van der Waals surface area contributed by atoms with Crippen molar-refractivity contribution in [2.45, 2.75) is 19.9 Å². The molecule has 24 heavy (non-hydrogen) atoms. The largest absolute Gasteiger partial charge is 0.463 e. The minimum absolute atomic E-state index is 0.149. The Morgan fingerprint density at radius 3 is 2.79 bits per heavy atom. The Hall–Kier alpha value is -1.82. The van der Waals surface area contributed by atoms with Gasteiger partial charge in [-0.15, -0.1) is 11.3 Å². The van der Waals surface area contributed by atoms with Crippen LogP contribution in [-0.2, 0) is 0 Å². The van der Waals surface area contributed by atoms with Crippen molar-refractivity contribution in [3.05, 3.63) is 62.6 Å². The van der Waals surface area contributed by atoms with Crippen LogP contribution in [0, 0.1) is 0 Å². The van der Waals surface area contributed by atoms with Crippen LogP contribution in [0.1, 0.15) is 19.6 Å². The van der Waals surface area contributed by atoms with Crippen molar-refractivity contribution in [3.8, 4) is 11.3 Å². The third kappa shape index (κ3) is 3.80. The van der Waals surface area contributed by atoms with Crippen LogP contribution in [0.15, 0.2) is 56.5 Å². The van der Waals surface area contributed by atoms with Crippen LogP contribution in [0.3, 0.4) is 0 Å². The van der Waals surface area contributed by atoms with Gasteiger partial charge in [-0.2, -0.15) is 5.10 Å². The average molecular weight is 380 g/mol. The fraction of sp³-hybridized carbons (Fsp3) is 0.176. The number of nitrogens with zero attached hydrogens (tertiary/aromatic N) is 3. The summed E-state index contributed by atoms with van der Waals surface area (Å²) in [5.74, 6) is 0.660. The number of hydrogen-bond acceptors (Lipinski definition) is 4. The second-order valence-corrected chi connectivity index (χ2v) is 7.00. The van der Waals surface area contributed by atoms with E-state index >= 15 is 0 Å². The van der Waals surface area contributed by atoms with Crippen molar-refractivity contribution in [3.63, 3.8) is 0 Å². The predicted molar refractivity (Wildman–Crippen MR) is 100 cm³/mol. The van der Waals surface area contributed by atoms with E-state index in [4.69, 9.17) is 27.6 Å². The maximum atomic E-state index is 6.35. The van der Waals surface area contributed by atoms with Gasteiger partial charge in [-0.25, -0.2) is 4.68 Å². The first kappa shape index (κ1) is 17.0. The second kappa shape index (κ2) is 7.38. The lowest BCUT2D eigenvalue weighted by Crippen LogP contribution is -2.14.